The van der Waals surface area contributed by atoms with Gasteiger partial charge in [0, 0.05) is 76.0 Å². The van der Waals surface area contributed by atoms with Gasteiger partial charge in [-0.1, -0.05) is 68.1 Å². The van der Waals surface area contributed by atoms with E-state index in [4.69, 9.17) is 14.6 Å². The van der Waals surface area contributed by atoms with Gasteiger partial charge in [-0.15, -0.1) is 0 Å². The molecule has 19 heteroatoms. The molecule has 0 aliphatic rings. The van der Waals surface area contributed by atoms with E-state index in [1.807, 2.05) is 102 Å². The topological polar surface area (TPSA) is 230 Å². The summed E-state index contributed by atoms with van der Waals surface area (Å²) in [5.74, 6) is -0.704. The quantitative estimate of drug-likeness (QED) is 0.0488. The van der Waals surface area contributed by atoms with Crippen LogP contribution in [0.3, 0.4) is 0 Å². The maximum atomic E-state index is 12.9. The molecule has 0 amide bonds. The number of imidazole rings is 2. The van der Waals surface area contributed by atoms with Crippen LogP contribution in [0.15, 0.2) is 129 Å². The number of hydrogen-bond donors (Lipinski definition) is 2. The molecule has 4 aromatic heterocycles. The van der Waals surface area contributed by atoms with Crippen LogP contribution in [-0.4, -0.2) is 64.4 Å². The molecule has 8 aromatic rings. The van der Waals surface area contributed by atoms with Crippen molar-refractivity contribution in [2.45, 2.75) is 74.5 Å². The molecule has 0 atom stereocenters. The molecule has 3 N–H and O–H groups in total. The van der Waals surface area contributed by atoms with Gasteiger partial charge < -0.3 is 41.7 Å². The Morgan fingerprint density at radius 3 is 1.62 bits per heavy atom. The molecule has 0 aliphatic carbocycles. The van der Waals surface area contributed by atoms with Crippen molar-refractivity contribution in [3.05, 3.63) is 153 Å². The Kier molecular flexibility index (Phi) is 25.2. The van der Waals surface area contributed by atoms with Gasteiger partial charge in [0.25, 0.3) is 0 Å². The van der Waals surface area contributed by atoms with E-state index < -0.39 is 17.9 Å². The minimum Gasteiger partial charge on any atom is -0.793 e. The minimum absolute atomic E-state index is 0. The van der Waals surface area contributed by atoms with E-state index in [9.17, 15) is 28.8 Å². The van der Waals surface area contributed by atoms with Crippen molar-refractivity contribution in [1.29, 1.82) is 0 Å². The molecule has 68 heavy (non-hydrogen) atoms. The van der Waals surface area contributed by atoms with Gasteiger partial charge in [0.05, 0.1) is 29.0 Å². The number of hydrogen-bond acceptors (Lipinski definition) is 15. The Hall–Kier alpha value is -6.70. The first-order valence-electron chi connectivity index (χ1n) is 20.7. The molecule has 8 rings (SSSR count). The van der Waals surface area contributed by atoms with Gasteiger partial charge in [0.15, 0.2) is 11.7 Å². The second kappa shape index (κ2) is 29.8. The van der Waals surface area contributed by atoms with Gasteiger partial charge in [-0.2, -0.15) is 0 Å². The molecule has 0 saturated heterocycles. The van der Waals surface area contributed by atoms with Crippen molar-refractivity contribution in [2.75, 3.05) is 13.1 Å². The first-order chi connectivity index (χ1) is 31.8. The van der Waals surface area contributed by atoms with Gasteiger partial charge in [-0.05, 0) is 62.7 Å². The van der Waals surface area contributed by atoms with E-state index >= 15 is 0 Å². The summed E-state index contributed by atoms with van der Waals surface area (Å²) in [6.07, 6.45) is 13.6. The molecule has 0 fully saturated rings. The fourth-order valence-corrected chi connectivity index (χ4v) is 6.28. The number of rotatable bonds is 10. The Bertz CT molecular complexity index is 2960. The van der Waals surface area contributed by atoms with Gasteiger partial charge in [-0.25, -0.2) is 29.3 Å². The molecule has 0 aliphatic heterocycles. The molecule has 0 unspecified atom stereocenters. The van der Waals surface area contributed by atoms with Crippen LogP contribution in [-0.2, 0) is 48.4 Å². The van der Waals surface area contributed by atoms with Crippen LogP contribution in [0.1, 0.15) is 68.5 Å². The number of aromatic nitrogens is 4. The second-order valence-corrected chi connectivity index (χ2v) is 14.3. The first kappa shape index (κ1) is 57.4. The molecule has 0 bridgehead atoms. The van der Waals surface area contributed by atoms with E-state index in [1.54, 1.807) is 31.7 Å². The first-order valence-corrected chi connectivity index (χ1v) is 20.7. The number of aryl methyl sites for hydroxylation is 4. The predicted octanol–water partition coefficient (Wildman–Crippen LogP) is 4.23. The van der Waals surface area contributed by atoms with Crippen LogP contribution in [0.4, 0.5) is 0 Å². The number of nitrogens with zero attached hydrogens (tertiary/aromatic N) is 4. The summed E-state index contributed by atoms with van der Waals surface area (Å²) in [5, 5.41) is 8.38. The molecule has 4 aromatic carbocycles. The van der Waals surface area contributed by atoms with Crippen LogP contribution in [0.2, 0.25) is 0 Å². The summed E-state index contributed by atoms with van der Waals surface area (Å²) >= 11 is 0. The largest absolute Gasteiger partial charge is 1.00 e. The molecule has 3 radical (unpaired) electrons. The normalized spacial score (nSPS) is 9.99. The number of fused-ring (bicyclic) bond motifs is 6. The number of nitrogens with two attached hydrogens (primary N) is 1. The molecular weight excluding hydrogens is 882 g/mol. The SMILES string of the molecule is C.CC(=O)OOC(C)=O.Cc1oc2c(ccc3ccccc32)c(=O)c1C=O.Cc1oc2c(ccc3ccccc32)c(=O)c1CNCCCn1ccnc1.NCCCn1ccnc1.[B-]OC(C)=O.[Na+]. The number of benzene rings is 4. The summed E-state index contributed by atoms with van der Waals surface area (Å²) in [6, 6.07) is 23.1. The zero-order valence-electron chi connectivity index (χ0n) is 38.4. The van der Waals surface area contributed by atoms with Crippen molar-refractivity contribution >= 4 is 75.7 Å². The third-order valence-corrected chi connectivity index (χ3v) is 9.45. The minimum atomic E-state index is -0.639. The Labute approximate surface area is 416 Å². The number of aldehydes is 1. The van der Waals surface area contributed by atoms with Crippen molar-refractivity contribution in [3.63, 3.8) is 0 Å². The fraction of sp³-hybridized carbons (Fsp3) is 0.265. The Morgan fingerprint density at radius 2 is 1.18 bits per heavy atom. The van der Waals surface area contributed by atoms with Crippen molar-refractivity contribution in [3.8, 4) is 0 Å². The van der Waals surface area contributed by atoms with Crippen LogP contribution in [0.5, 0.6) is 0 Å². The summed E-state index contributed by atoms with van der Waals surface area (Å²) in [6.45, 7) is 11.0. The van der Waals surface area contributed by atoms with Gasteiger partial charge >= 0.3 is 41.5 Å². The number of nitrogens with one attached hydrogen (secondary N) is 1. The van der Waals surface area contributed by atoms with Crippen LogP contribution < -0.4 is 51.5 Å². The van der Waals surface area contributed by atoms with Crippen molar-refractivity contribution in [2.24, 2.45) is 5.73 Å². The summed E-state index contributed by atoms with van der Waals surface area (Å²) in [7, 11) is 4.32. The Morgan fingerprint density at radius 1 is 0.706 bits per heavy atom. The summed E-state index contributed by atoms with van der Waals surface area (Å²) in [5.41, 5.74) is 7.11. The second-order valence-electron chi connectivity index (χ2n) is 14.3. The molecule has 17 nitrogen and oxygen atoms in total. The fourth-order valence-electron chi connectivity index (χ4n) is 6.28. The maximum absolute atomic E-state index is 12.9. The third-order valence-electron chi connectivity index (χ3n) is 9.45. The van der Waals surface area contributed by atoms with Crippen molar-refractivity contribution in [1.82, 2.24) is 24.4 Å². The standard InChI is InChI=1S/C21H21N3O2.C15H10O3.C6H11N3.C4H6O4.C2H3BO2.CH4.Na/c1-15-19(13-22-9-4-11-24-12-10-23-14-24)20(25)18-8-7-16-5-2-3-6-17(16)21(18)26-15;1-9-13(8-16)14(17)12-7-6-10-4-2-3-5-11(10)15(12)18-9;7-2-1-4-9-5-3-8-6-9;1-3(5)7-8-4(2)6;1-2(4)5-3;;/h2-3,5-8,10,12,14,22H,4,9,11,13H2,1H3;2-8H,1H3;3,5-6H,1-2,4,7H2;1-2H3;1H3;1H4;/q;;;;-1;;+1. The van der Waals surface area contributed by atoms with E-state index in [1.165, 1.54) is 6.92 Å². The molecular formula is C49H55BN6NaO11. The maximum Gasteiger partial charge on any atom is 1.00 e. The smallest absolute Gasteiger partial charge is 0.793 e. The van der Waals surface area contributed by atoms with E-state index in [2.05, 4.69) is 37.8 Å². The predicted molar refractivity (Wildman–Crippen MR) is 257 cm³/mol. The average Bonchev–Trinajstić information content (AvgIpc) is 4.05. The van der Waals surface area contributed by atoms with E-state index in [-0.39, 0.29) is 53.4 Å². The van der Waals surface area contributed by atoms with Crippen molar-refractivity contribution < 1.29 is 72.0 Å². The van der Waals surface area contributed by atoms with E-state index in [0.717, 1.165) is 74.4 Å². The molecule has 0 saturated carbocycles. The molecule has 351 valence electrons. The zero-order chi connectivity index (χ0) is 48.0. The number of carbonyl (C=O) groups excluding carboxylic acids is 4. The van der Waals surface area contributed by atoms with Gasteiger partial charge in [-0.3, -0.25) is 19.2 Å². The number of carbonyl (C=O) groups is 4. The van der Waals surface area contributed by atoms with Gasteiger partial charge in [0.1, 0.15) is 28.2 Å². The van der Waals surface area contributed by atoms with E-state index in [0.29, 0.717) is 51.9 Å². The molecule has 4 heterocycles. The average molecular weight is 938 g/mol. The van der Waals surface area contributed by atoms with Crippen LogP contribution in [0, 0.1) is 13.8 Å². The summed E-state index contributed by atoms with van der Waals surface area (Å²) in [4.78, 5) is 80.7. The van der Waals surface area contributed by atoms with Gasteiger partial charge in [0.2, 0.25) is 11.4 Å². The van der Waals surface area contributed by atoms with Crippen LogP contribution >= 0.6 is 0 Å². The van der Waals surface area contributed by atoms with Crippen LogP contribution in [0.25, 0.3) is 43.5 Å². The Balaban J connectivity index is 0.000000327. The zero-order valence-corrected chi connectivity index (χ0v) is 40.4. The third kappa shape index (κ3) is 17.2. The molecule has 0 spiro atoms. The summed E-state index contributed by atoms with van der Waals surface area (Å²) < 4.78 is 19.4. The monoisotopic (exact) mass is 937 g/mol.